The third kappa shape index (κ3) is 4.22. The van der Waals surface area contributed by atoms with Crippen molar-refractivity contribution in [1.82, 2.24) is 19.8 Å². The van der Waals surface area contributed by atoms with Gasteiger partial charge in [0.2, 0.25) is 0 Å². The van der Waals surface area contributed by atoms with E-state index in [1.54, 1.807) is 7.11 Å². The Labute approximate surface area is 199 Å². The van der Waals surface area contributed by atoms with Gasteiger partial charge in [-0.3, -0.25) is 4.98 Å². The molecule has 0 saturated carbocycles. The summed E-state index contributed by atoms with van der Waals surface area (Å²) >= 11 is 5.85. The monoisotopic (exact) mass is 454 g/mol. The zero-order valence-corrected chi connectivity index (χ0v) is 19.5. The summed E-state index contributed by atoms with van der Waals surface area (Å²) in [5.74, 6) is 0.845. The maximum absolute atomic E-state index is 5.85. The fourth-order valence-corrected chi connectivity index (χ4v) is 4.78. The molecule has 1 saturated heterocycles. The molecular formula is C27H26N4OS. The van der Waals surface area contributed by atoms with Gasteiger partial charge in [0.1, 0.15) is 5.75 Å². The van der Waals surface area contributed by atoms with Gasteiger partial charge >= 0.3 is 0 Å². The molecule has 1 fully saturated rings. The van der Waals surface area contributed by atoms with Gasteiger partial charge in [-0.05, 0) is 78.8 Å². The van der Waals surface area contributed by atoms with Gasteiger partial charge in [0, 0.05) is 30.3 Å². The highest BCUT2D eigenvalue weighted by Crippen LogP contribution is 2.40. The average Bonchev–Trinajstić information content (AvgIpc) is 3.45. The number of thiocarbonyl (C=S) groups is 1. The van der Waals surface area contributed by atoms with Crippen molar-refractivity contribution in [3.63, 3.8) is 0 Å². The van der Waals surface area contributed by atoms with Crippen LogP contribution >= 0.6 is 12.2 Å². The normalized spacial score (nSPS) is 17.8. The van der Waals surface area contributed by atoms with E-state index in [0.29, 0.717) is 6.54 Å². The van der Waals surface area contributed by atoms with Crippen LogP contribution in [0.15, 0.2) is 91.3 Å². The number of ether oxygens (including phenoxy) is 1. The van der Waals surface area contributed by atoms with Crippen molar-refractivity contribution in [2.45, 2.75) is 25.6 Å². The van der Waals surface area contributed by atoms with Gasteiger partial charge in [0.15, 0.2) is 5.11 Å². The molecule has 33 heavy (non-hydrogen) atoms. The van der Waals surface area contributed by atoms with Gasteiger partial charge in [-0.2, -0.15) is 0 Å². The minimum atomic E-state index is -0.0598. The Balaban J connectivity index is 1.58. The first-order chi connectivity index (χ1) is 16.1. The third-order valence-corrected chi connectivity index (χ3v) is 6.43. The summed E-state index contributed by atoms with van der Waals surface area (Å²) in [4.78, 5) is 6.92. The molecule has 2 aromatic carbocycles. The number of nitrogens with one attached hydrogen (secondary N) is 1. The molecule has 0 unspecified atom stereocenters. The molecule has 1 N–H and O–H groups in total. The van der Waals surface area contributed by atoms with E-state index in [0.717, 1.165) is 27.9 Å². The lowest BCUT2D eigenvalue weighted by Crippen LogP contribution is -2.30. The summed E-state index contributed by atoms with van der Waals surface area (Å²) < 4.78 is 7.58. The molecule has 2 aromatic heterocycles. The predicted molar refractivity (Wildman–Crippen MR) is 134 cm³/mol. The van der Waals surface area contributed by atoms with Gasteiger partial charge in [0.25, 0.3) is 0 Å². The maximum Gasteiger partial charge on any atom is 0.170 e. The molecule has 6 heteroatoms. The Morgan fingerprint density at radius 1 is 1.00 bits per heavy atom. The first-order valence-corrected chi connectivity index (χ1v) is 11.4. The molecular weight excluding hydrogens is 428 g/mol. The van der Waals surface area contributed by atoms with E-state index < -0.39 is 0 Å². The van der Waals surface area contributed by atoms with Crippen molar-refractivity contribution in [3.05, 3.63) is 114 Å². The number of aromatic nitrogens is 2. The summed E-state index contributed by atoms with van der Waals surface area (Å²) in [5.41, 5.74) is 5.66. The van der Waals surface area contributed by atoms with Gasteiger partial charge in [-0.25, -0.2) is 0 Å². The number of nitrogens with zero attached hydrogens (tertiary/aromatic N) is 3. The highest BCUT2D eigenvalue weighted by molar-refractivity contribution is 7.80. The molecule has 2 atom stereocenters. The fourth-order valence-electron chi connectivity index (χ4n) is 4.47. The molecule has 4 aromatic rings. The molecule has 1 aliphatic rings. The average molecular weight is 455 g/mol. The topological polar surface area (TPSA) is 42.3 Å². The number of benzene rings is 2. The summed E-state index contributed by atoms with van der Waals surface area (Å²) in [6, 6.07) is 26.9. The number of methoxy groups -OCH3 is 1. The van der Waals surface area contributed by atoms with Crippen molar-refractivity contribution < 1.29 is 4.74 Å². The lowest BCUT2D eigenvalue weighted by molar-refractivity contribution is 0.302. The number of hydrogen-bond donors (Lipinski definition) is 1. The predicted octanol–water partition coefficient (Wildman–Crippen LogP) is 5.36. The highest BCUT2D eigenvalue weighted by Gasteiger charge is 2.41. The maximum atomic E-state index is 5.85. The van der Waals surface area contributed by atoms with Crippen LogP contribution in [0.4, 0.5) is 0 Å². The van der Waals surface area contributed by atoms with Gasteiger partial charge < -0.3 is 19.5 Å². The summed E-state index contributed by atoms with van der Waals surface area (Å²) in [7, 11) is 1.68. The van der Waals surface area contributed by atoms with E-state index in [-0.39, 0.29) is 12.1 Å². The minimum Gasteiger partial charge on any atom is -0.497 e. The van der Waals surface area contributed by atoms with Crippen molar-refractivity contribution in [3.8, 4) is 11.4 Å². The van der Waals surface area contributed by atoms with E-state index in [1.165, 1.54) is 11.1 Å². The zero-order valence-electron chi connectivity index (χ0n) is 18.7. The quantitative estimate of drug-likeness (QED) is 0.397. The molecule has 0 aliphatic carbocycles. The first-order valence-electron chi connectivity index (χ1n) is 11.0. The van der Waals surface area contributed by atoms with Gasteiger partial charge in [-0.15, -0.1) is 0 Å². The minimum absolute atomic E-state index is 0.0231. The molecule has 0 radical (unpaired) electrons. The number of pyridine rings is 1. The Hall–Kier alpha value is -3.64. The molecule has 5 nitrogen and oxygen atoms in total. The summed E-state index contributed by atoms with van der Waals surface area (Å²) in [6.07, 6.45) is 3.95. The SMILES string of the molecule is COc1ccc(CN2C(=S)N[C@@H](c3ccccn3)[C@H]2c2cccn2-c2cccc(C)c2)cc1. The Bertz CT molecular complexity index is 1250. The van der Waals surface area contributed by atoms with E-state index in [1.807, 2.05) is 30.5 Å². The molecule has 1 aliphatic heterocycles. The lowest BCUT2D eigenvalue weighted by Gasteiger charge is -2.29. The van der Waals surface area contributed by atoms with Crippen LogP contribution in [0.2, 0.25) is 0 Å². The van der Waals surface area contributed by atoms with Crippen LogP contribution in [-0.2, 0) is 6.54 Å². The van der Waals surface area contributed by atoms with Crippen molar-refractivity contribution >= 4 is 17.3 Å². The second-order valence-electron chi connectivity index (χ2n) is 8.24. The largest absolute Gasteiger partial charge is 0.497 e. The molecule has 0 amide bonds. The van der Waals surface area contributed by atoms with Crippen LogP contribution in [0, 0.1) is 6.92 Å². The molecule has 0 bridgehead atoms. The Morgan fingerprint density at radius 2 is 1.85 bits per heavy atom. The molecule has 166 valence electrons. The van der Waals surface area contributed by atoms with Crippen molar-refractivity contribution in [1.29, 1.82) is 0 Å². The van der Waals surface area contributed by atoms with E-state index in [4.69, 9.17) is 17.0 Å². The lowest BCUT2D eigenvalue weighted by atomic mass is 10.0. The highest BCUT2D eigenvalue weighted by atomic mass is 32.1. The molecule has 0 spiro atoms. The first kappa shape index (κ1) is 21.2. The van der Waals surface area contributed by atoms with Gasteiger partial charge in [0.05, 0.1) is 24.9 Å². The Kier molecular flexibility index (Phi) is 5.84. The Morgan fingerprint density at radius 3 is 2.58 bits per heavy atom. The van der Waals surface area contributed by atoms with Crippen molar-refractivity contribution in [2.75, 3.05) is 7.11 Å². The van der Waals surface area contributed by atoms with Gasteiger partial charge in [-0.1, -0.05) is 30.3 Å². The standard InChI is InChI=1S/C27H26N4OS/c1-19-7-5-8-21(17-19)30-16-6-10-24(30)26-25(23-9-3-4-15-28-23)29-27(33)31(26)18-20-11-13-22(32-2)14-12-20/h3-17,25-26H,18H2,1-2H3,(H,29,33)/t25-,26+/m0/s1. The molecule has 5 rings (SSSR count). The van der Waals surface area contributed by atoms with E-state index in [9.17, 15) is 0 Å². The van der Waals surface area contributed by atoms with Crippen LogP contribution in [0.1, 0.15) is 34.6 Å². The van der Waals surface area contributed by atoms with Crippen LogP contribution in [0.5, 0.6) is 5.75 Å². The van der Waals surface area contributed by atoms with Crippen LogP contribution < -0.4 is 10.1 Å². The summed E-state index contributed by atoms with van der Waals surface area (Å²) in [5, 5.41) is 4.27. The fraction of sp³-hybridized carbons (Fsp3) is 0.185. The number of aryl methyl sites for hydroxylation is 1. The number of hydrogen-bond acceptors (Lipinski definition) is 3. The second kappa shape index (κ2) is 9.08. The van der Waals surface area contributed by atoms with E-state index in [2.05, 4.69) is 87.5 Å². The number of rotatable bonds is 6. The second-order valence-corrected chi connectivity index (χ2v) is 8.63. The smallest absolute Gasteiger partial charge is 0.170 e. The van der Waals surface area contributed by atoms with Crippen LogP contribution in [-0.4, -0.2) is 26.7 Å². The summed E-state index contributed by atoms with van der Waals surface area (Å²) in [6.45, 7) is 2.80. The third-order valence-electron chi connectivity index (χ3n) is 6.07. The van der Waals surface area contributed by atoms with E-state index >= 15 is 0 Å². The zero-order chi connectivity index (χ0) is 22.8. The van der Waals surface area contributed by atoms with Crippen molar-refractivity contribution in [2.24, 2.45) is 0 Å². The molecule has 3 heterocycles. The van der Waals surface area contributed by atoms with Crippen LogP contribution in [0.25, 0.3) is 5.69 Å². The van der Waals surface area contributed by atoms with Crippen LogP contribution in [0.3, 0.4) is 0 Å².